The summed E-state index contributed by atoms with van der Waals surface area (Å²) in [5, 5.41) is 14.1. The van der Waals surface area contributed by atoms with Gasteiger partial charge in [-0.2, -0.15) is 0 Å². The molecule has 2 aromatic carbocycles. The van der Waals surface area contributed by atoms with Crippen molar-refractivity contribution in [1.82, 2.24) is 10.0 Å². The molecule has 0 atom stereocenters. The normalized spacial score (nSPS) is 12.0. The largest absolute Gasteiger partial charge is 0.573 e. The summed E-state index contributed by atoms with van der Waals surface area (Å²) in [6, 6.07) is 10.5. The molecule has 0 bridgehead atoms. The van der Waals surface area contributed by atoms with Crippen molar-refractivity contribution in [2.24, 2.45) is 0 Å². The van der Waals surface area contributed by atoms with Crippen LogP contribution in [0, 0.1) is 5.41 Å². The molecule has 0 heterocycles. The lowest BCUT2D eigenvalue weighted by atomic mass is 9.99. The van der Waals surface area contributed by atoms with Crippen LogP contribution in [0.25, 0.3) is 11.1 Å². The average Bonchev–Trinajstić information content (AvgIpc) is 2.71. The maximum Gasteiger partial charge on any atom is 0.573 e. The lowest BCUT2D eigenvalue weighted by Crippen LogP contribution is -2.26. The quantitative estimate of drug-likeness (QED) is 0.411. The second kappa shape index (κ2) is 10.3. The van der Waals surface area contributed by atoms with Gasteiger partial charge in [0.15, 0.2) is 0 Å². The van der Waals surface area contributed by atoms with Crippen LogP contribution in [0.3, 0.4) is 0 Å². The number of hydrogen-bond donors (Lipinski definition) is 4. The predicted octanol–water partition coefficient (Wildman–Crippen LogP) is 3.31. The van der Waals surface area contributed by atoms with Gasteiger partial charge in [0, 0.05) is 24.8 Å². The molecule has 2 rings (SSSR count). The lowest BCUT2D eigenvalue weighted by Gasteiger charge is -2.15. The highest BCUT2D eigenvalue weighted by atomic mass is 32.2. The summed E-state index contributed by atoms with van der Waals surface area (Å²) in [6.07, 6.45) is -1.73. The number of allylic oxidation sites excluding steroid dienone is 1. The molecule has 31 heavy (non-hydrogen) atoms. The number of sulfonamides is 1. The molecule has 168 valence electrons. The molecule has 0 saturated heterocycles. The second-order valence-electron chi connectivity index (χ2n) is 6.32. The summed E-state index contributed by atoms with van der Waals surface area (Å²) in [5.41, 5.74) is 2.13. The van der Waals surface area contributed by atoms with Gasteiger partial charge in [0.25, 0.3) is 0 Å². The third kappa shape index (κ3) is 7.61. The molecule has 0 aromatic heterocycles. The van der Waals surface area contributed by atoms with Crippen molar-refractivity contribution in [3.05, 3.63) is 60.3 Å². The first-order valence-corrected chi connectivity index (χ1v) is 10.8. The van der Waals surface area contributed by atoms with Gasteiger partial charge < -0.3 is 20.8 Å². The minimum Gasteiger partial charge on any atom is -0.406 e. The number of rotatable bonds is 10. The van der Waals surface area contributed by atoms with E-state index in [0.717, 1.165) is 0 Å². The third-order valence-electron chi connectivity index (χ3n) is 4.12. The number of alkyl halides is 3. The smallest absolute Gasteiger partial charge is 0.406 e. The van der Waals surface area contributed by atoms with E-state index in [0.29, 0.717) is 22.4 Å². The summed E-state index contributed by atoms with van der Waals surface area (Å²) < 4.78 is 67.0. The molecule has 4 N–H and O–H groups in total. The maximum atomic E-state index is 12.5. The molecule has 0 fully saturated rings. The molecule has 7 nitrogen and oxygen atoms in total. The number of anilines is 1. The topological polar surface area (TPSA) is 103 Å². The third-order valence-corrected chi connectivity index (χ3v) is 5.49. The predicted molar refractivity (Wildman–Crippen MR) is 115 cm³/mol. The average molecular weight is 456 g/mol. The Labute approximate surface area is 178 Å². The summed E-state index contributed by atoms with van der Waals surface area (Å²) in [4.78, 5) is 0. The molecule has 0 aliphatic heterocycles. The molecule has 0 unspecified atom stereocenters. The number of ether oxygens (including phenoxy) is 1. The Bertz CT molecular complexity index is 1050. The summed E-state index contributed by atoms with van der Waals surface area (Å²) in [7, 11) is -0.405. The van der Waals surface area contributed by atoms with Crippen molar-refractivity contribution in [2.45, 2.75) is 6.36 Å². The summed E-state index contributed by atoms with van der Waals surface area (Å²) in [5.74, 6) is -0.516. The van der Waals surface area contributed by atoms with E-state index in [-0.39, 0.29) is 23.8 Å². The van der Waals surface area contributed by atoms with Crippen molar-refractivity contribution >= 4 is 21.4 Å². The van der Waals surface area contributed by atoms with E-state index in [1.807, 2.05) is 0 Å². The highest BCUT2D eigenvalue weighted by Gasteiger charge is 2.31. The van der Waals surface area contributed by atoms with Gasteiger partial charge in [-0.25, -0.2) is 13.1 Å². The first-order chi connectivity index (χ1) is 14.5. The molecule has 0 aliphatic carbocycles. The van der Waals surface area contributed by atoms with E-state index < -0.39 is 16.4 Å². The van der Waals surface area contributed by atoms with Crippen LogP contribution in [0.2, 0.25) is 0 Å². The second-order valence-corrected chi connectivity index (χ2v) is 8.37. The van der Waals surface area contributed by atoms with Gasteiger partial charge >= 0.3 is 6.36 Å². The van der Waals surface area contributed by atoms with Gasteiger partial charge in [-0.15, -0.1) is 13.2 Å². The molecular weight excluding hydrogens is 433 g/mol. The van der Waals surface area contributed by atoms with Gasteiger partial charge in [-0.1, -0.05) is 18.2 Å². The number of benzene rings is 2. The van der Waals surface area contributed by atoms with Crippen molar-refractivity contribution in [3.8, 4) is 16.9 Å². The van der Waals surface area contributed by atoms with Crippen LogP contribution in [0.1, 0.15) is 5.56 Å². The Morgan fingerprint density at radius 2 is 1.84 bits per heavy atom. The van der Waals surface area contributed by atoms with Crippen LogP contribution in [-0.2, 0) is 10.0 Å². The molecule has 11 heteroatoms. The standard InChI is InChI=1S/C20H23F3N4O3S/c1-25-9-8-18(24)17-13-15(6-7-19(17)27-10-11-31(28,29)26-2)14-4-3-5-16(12-14)30-20(21,22)23/h3-9,12-13,24-27H,10-11H2,1-2H3/b9-8-,24-18?. The molecule has 0 saturated carbocycles. The Morgan fingerprint density at radius 3 is 2.48 bits per heavy atom. The molecular formula is C20H23F3N4O3S. The van der Waals surface area contributed by atoms with Gasteiger partial charge in [-0.3, -0.25) is 0 Å². The monoisotopic (exact) mass is 456 g/mol. The Morgan fingerprint density at radius 1 is 1.13 bits per heavy atom. The van der Waals surface area contributed by atoms with Crippen molar-refractivity contribution < 1.29 is 26.3 Å². The lowest BCUT2D eigenvalue weighted by molar-refractivity contribution is -0.274. The number of halogens is 3. The summed E-state index contributed by atoms with van der Waals surface area (Å²) >= 11 is 0. The Balaban J connectivity index is 2.37. The van der Waals surface area contributed by atoms with Crippen LogP contribution in [-0.4, -0.2) is 46.9 Å². The van der Waals surface area contributed by atoms with E-state index in [2.05, 4.69) is 20.1 Å². The van der Waals surface area contributed by atoms with E-state index in [1.165, 1.54) is 31.3 Å². The molecule has 0 aliphatic rings. The first kappa shape index (κ1) is 24.2. The van der Waals surface area contributed by atoms with E-state index in [4.69, 9.17) is 5.41 Å². The van der Waals surface area contributed by atoms with Crippen LogP contribution in [0.4, 0.5) is 18.9 Å². The number of nitrogens with one attached hydrogen (secondary N) is 4. The van der Waals surface area contributed by atoms with Crippen LogP contribution in [0.15, 0.2) is 54.7 Å². The van der Waals surface area contributed by atoms with Crippen molar-refractivity contribution in [3.63, 3.8) is 0 Å². The Kier molecular flexibility index (Phi) is 8.06. The highest BCUT2D eigenvalue weighted by molar-refractivity contribution is 7.89. The van der Waals surface area contributed by atoms with Crippen molar-refractivity contribution in [2.75, 3.05) is 31.7 Å². The minimum absolute atomic E-state index is 0.105. The summed E-state index contributed by atoms with van der Waals surface area (Å²) in [6.45, 7) is 0.105. The Hall–Kier alpha value is -3.05. The van der Waals surface area contributed by atoms with Crippen LogP contribution < -0.4 is 20.1 Å². The first-order valence-electron chi connectivity index (χ1n) is 9.12. The van der Waals surface area contributed by atoms with Gasteiger partial charge in [-0.05, 0) is 54.7 Å². The van der Waals surface area contributed by atoms with Gasteiger partial charge in [0.2, 0.25) is 10.0 Å². The van der Waals surface area contributed by atoms with Gasteiger partial charge in [0.05, 0.1) is 11.5 Å². The van der Waals surface area contributed by atoms with Crippen LogP contribution in [0.5, 0.6) is 5.75 Å². The van der Waals surface area contributed by atoms with E-state index >= 15 is 0 Å². The fourth-order valence-corrected chi connectivity index (χ4v) is 3.23. The molecule has 0 spiro atoms. The van der Waals surface area contributed by atoms with E-state index in [9.17, 15) is 21.6 Å². The molecule has 2 aromatic rings. The maximum absolute atomic E-state index is 12.5. The zero-order chi connectivity index (χ0) is 23.1. The fourth-order valence-electron chi connectivity index (χ4n) is 2.65. The van der Waals surface area contributed by atoms with Crippen molar-refractivity contribution in [1.29, 1.82) is 5.41 Å². The molecule has 0 amide bonds. The minimum atomic E-state index is -4.80. The molecule has 0 radical (unpaired) electrons. The SMILES string of the molecule is CN/C=C\C(=N)c1cc(-c2cccc(OC(F)(F)F)c2)ccc1NCCS(=O)(=O)NC. The zero-order valence-corrected chi connectivity index (χ0v) is 17.7. The van der Waals surface area contributed by atoms with E-state index in [1.54, 1.807) is 37.5 Å². The number of hydrogen-bond acceptors (Lipinski definition) is 6. The van der Waals surface area contributed by atoms with Gasteiger partial charge in [0.1, 0.15) is 5.75 Å². The fraction of sp³-hybridized carbons (Fsp3) is 0.250. The highest BCUT2D eigenvalue weighted by Crippen LogP contribution is 2.30. The van der Waals surface area contributed by atoms with Crippen LogP contribution >= 0.6 is 0 Å². The zero-order valence-electron chi connectivity index (χ0n) is 16.9.